The smallest absolute Gasteiger partial charge is 0.264 e. The van der Waals surface area contributed by atoms with Crippen molar-refractivity contribution in [2.75, 3.05) is 31.1 Å². The molecule has 8 nitrogen and oxygen atoms in total. The fourth-order valence-electron chi connectivity index (χ4n) is 3.54. The van der Waals surface area contributed by atoms with Crippen molar-refractivity contribution in [1.82, 2.24) is 5.32 Å². The second kappa shape index (κ2) is 10.6. The van der Waals surface area contributed by atoms with Crippen LogP contribution in [0.25, 0.3) is 0 Å². The van der Waals surface area contributed by atoms with Crippen LogP contribution in [0.15, 0.2) is 76.1 Å². The van der Waals surface area contributed by atoms with Crippen molar-refractivity contribution in [1.29, 1.82) is 0 Å². The quantitative estimate of drug-likeness (QED) is 0.448. The highest BCUT2D eigenvalue weighted by molar-refractivity contribution is 9.10. The van der Waals surface area contributed by atoms with E-state index in [1.807, 2.05) is 25.1 Å². The second-order valence-corrected chi connectivity index (χ2v) is 10.7. The molecule has 4 rings (SSSR count). The van der Waals surface area contributed by atoms with Crippen molar-refractivity contribution >= 4 is 37.5 Å². The molecule has 1 heterocycles. The first-order chi connectivity index (χ1) is 16.8. The van der Waals surface area contributed by atoms with Gasteiger partial charge < -0.3 is 19.5 Å². The number of nitrogens with one attached hydrogen (secondary N) is 1. The van der Waals surface area contributed by atoms with Gasteiger partial charge in [-0.3, -0.25) is 9.10 Å². The maximum absolute atomic E-state index is 13.6. The van der Waals surface area contributed by atoms with Gasteiger partial charge in [0.1, 0.15) is 25.0 Å². The Hall–Kier alpha value is -3.24. The van der Waals surface area contributed by atoms with Crippen LogP contribution in [0.3, 0.4) is 0 Å². The van der Waals surface area contributed by atoms with Crippen LogP contribution in [-0.2, 0) is 14.8 Å². The number of methoxy groups -OCH3 is 1. The largest absolute Gasteiger partial charge is 0.496 e. The van der Waals surface area contributed by atoms with E-state index < -0.39 is 28.6 Å². The van der Waals surface area contributed by atoms with Crippen LogP contribution in [0.1, 0.15) is 5.56 Å². The molecule has 0 saturated heterocycles. The highest BCUT2D eigenvalue weighted by Gasteiger charge is 2.29. The summed E-state index contributed by atoms with van der Waals surface area (Å²) in [7, 11) is -2.56. The standard InChI is InChI=1S/C25H25BrN2O6S/c1-17-7-9-18(10-8-17)28(35(30,31)20-11-12-22(32-2)21(26)13-20)15-25(29)27-14-19-16-33-23-5-3-4-6-24(23)34-19/h3-13,19H,14-16H2,1-2H3,(H,27,29). The summed E-state index contributed by atoms with van der Waals surface area (Å²) in [5.41, 5.74) is 1.35. The maximum atomic E-state index is 13.6. The van der Waals surface area contributed by atoms with E-state index in [4.69, 9.17) is 14.2 Å². The number of ether oxygens (including phenoxy) is 3. The first kappa shape index (κ1) is 24.9. The van der Waals surface area contributed by atoms with E-state index in [1.165, 1.54) is 19.2 Å². The topological polar surface area (TPSA) is 94.2 Å². The van der Waals surface area contributed by atoms with Crippen molar-refractivity contribution in [2.24, 2.45) is 0 Å². The van der Waals surface area contributed by atoms with Crippen molar-refractivity contribution in [3.8, 4) is 17.2 Å². The van der Waals surface area contributed by atoms with Gasteiger partial charge in [0, 0.05) is 0 Å². The lowest BCUT2D eigenvalue weighted by Crippen LogP contribution is -2.45. The van der Waals surface area contributed by atoms with E-state index in [9.17, 15) is 13.2 Å². The number of aryl methyl sites for hydroxylation is 1. The highest BCUT2D eigenvalue weighted by Crippen LogP contribution is 2.32. The number of amides is 1. The van der Waals surface area contributed by atoms with Crippen LogP contribution in [0.5, 0.6) is 17.2 Å². The summed E-state index contributed by atoms with van der Waals surface area (Å²) in [4.78, 5) is 12.9. The number of carbonyl (C=O) groups excluding carboxylic acids is 1. The minimum absolute atomic E-state index is 0.0270. The average Bonchev–Trinajstić information content (AvgIpc) is 2.86. The zero-order chi connectivity index (χ0) is 25.0. The number of para-hydroxylation sites is 2. The van der Waals surface area contributed by atoms with E-state index >= 15 is 0 Å². The van der Waals surface area contributed by atoms with Gasteiger partial charge in [-0.2, -0.15) is 0 Å². The molecule has 184 valence electrons. The first-order valence-corrected chi connectivity index (χ1v) is 13.1. The molecule has 0 saturated carbocycles. The zero-order valence-electron chi connectivity index (χ0n) is 19.2. The fourth-order valence-corrected chi connectivity index (χ4v) is 5.68. The predicted molar refractivity (Wildman–Crippen MR) is 136 cm³/mol. The van der Waals surface area contributed by atoms with E-state index in [2.05, 4.69) is 21.2 Å². The van der Waals surface area contributed by atoms with E-state index in [1.54, 1.807) is 36.4 Å². The number of rotatable bonds is 8. The Morgan fingerprint density at radius 3 is 2.51 bits per heavy atom. The lowest BCUT2D eigenvalue weighted by Gasteiger charge is -2.27. The summed E-state index contributed by atoms with van der Waals surface area (Å²) in [6, 6.07) is 18.7. The van der Waals surface area contributed by atoms with Crippen LogP contribution >= 0.6 is 15.9 Å². The summed E-state index contributed by atoms with van der Waals surface area (Å²) < 4.78 is 45.5. The number of nitrogens with zero attached hydrogens (tertiary/aromatic N) is 1. The van der Waals surface area contributed by atoms with Crippen molar-refractivity contribution in [3.05, 3.63) is 76.8 Å². The molecule has 0 spiro atoms. The number of fused-ring (bicyclic) bond motifs is 1. The number of sulfonamides is 1. The number of hydrogen-bond donors (Lipinski definition) is 1. The molecule has 0 radical (unpaired) electrons. The normalized spacial score (nSPS) is 14.8. The molecule has 10 heteroatoms. The molecule has 0 bridgehead atoms. The predicted octanol–water partition coefficient (Wildman–Crippen LogP) is 3.92. The Morgan fingerprint density at radius 1 is 1.11 bits per heavy atom. The van der Waals surface area contributed by atoms with Crippen molar-refractivity contribution < 1.29 is 27.4 Å². The molecule has 1 aliphatic rings. The molecule has 0 aliphatic carbocycles. The maximum Gasteiger partial charge on any atom is 0.264 e. The number of hydrogen-bond acceptors (Lipinski definition) is 6. The van der Waals surface area contributed by atoms with Gasteiger partial charge in [0.25, 0.3) is 10.0 Å². The SMILES string of the molecule is COc1ccc(S(=O)(=O)N(CC(=O)NCC2COc3ccccc3O2)c2ccc(C)cc2)cc1Br. The van der Waals surface area contributed by atoms with Gasteiger partial charge >= 0.3 is 0 Å². The minimum Gasteiger partial charge on any atom is -0.496 e. The van der Waals surface area contributed by atoms with Gasteiger partial charge in [0.05, 0.1) is 28.7 Å². The molecular weight excluding hydrogens is 536 g/mol. The Balaban J connectivity index is 1.51. The Labute approximate surface area is 213 Å². The van der Waals surface area contributed by atoms with Crippen LogP contribution in [0.2, 0.25) is 0 Å². The van der Waals surface area contributed by atoms with Crippen LogP contribution in [-0.4, -0.2) is 47.2 Å². The molecule has 1 amide bonds. The van der Waals surface area contributed by atoms with E-state index in [0.717, 1.165) is 9.87 Å². The molecule has 0 aromatic heterocycles. The van der Waals surface area contributed by atoms with Crippen molar-refractivity contribution in [2.45, 2.75) is 17.9 Å². The van der Waals surface area contributed by atoms with Gasteiger partial charge in [-0.1, -0.05) is 29.8 Å². The average molecular weight is 561 g/mol. The van der Waals surface area contributed by atoms with Crippen LogP contribution in [0.4, 0.5) is 5.69 Å². The lowest BCUT2D eigenvalue weighted by molar-refractivity contribution is -0.120. The summed E-state index contributed by atoms with van der Waals surface area (Å²) in [5.74, 6) is 1.29. The third-order valence-electron chi connectivity index (χ3n) is 5.41. The van der Waals surface area contributed by atoms with Gasteiger partial charge in [0.2, 0.25) is 5.91 Å². The molecule has 35 heavy (non-hydrogen) atoms. The molecule has 3 aromatic rings. The number of carbonyl (C=O) groups is 1. The Kier molecular flexibility index (Phi) is 7.51. The van der Waals surface area contributed by atoms with Gasteiger partial charge in [-0.25, -0.2) is 8.42 Å². The van der Waals surface area contributed by atoms with Gasteiger partial charge in [-0.05, 0) is 65.3 Å². The molecule has 1 N–H and O–H groups in total. The molecule has 0 fully saturated rings. The molecular formula is C25H25BrN2O6S. The first-order valence-electron chi connectivity index (χ1n) is 10.9. The number of anilines is 1. The number of halogens is 1. The molecule has 1 unspecified atom stereocenters. The highest BCUT2D eigenvalue weighted by atomic mass is 79.9. The zero-order valence-corrected chi connectivity index (χ0v) is 21.6. The third kappa shape index (κ3) is 5.71. The summed E-state index contributed by atoms with van der Waals surface area (Å²) >= 11 is 3.33. The summed E-state index contributed by atoms with van der Waals surface area (Å²) in [5, 5.41) is 2.77. The van der Waals surface area contributed by atoms with Gasteiger partial charge in [-0.15, -0.1) is 0 Å². The lowest BCUT2D eigenvalue weighted by atomic mass is 10.2. The van der Waals surface area contributed by atoms with Crippen molar-refractivity contribution in [3.63, 3.8) is 0 Å². The van der Waals surface area contributed by atoms with E-state index in [0.29, 0.717) is 27.4 Å². The van der Waals surface area contributed by atoms with Crippen LogP contribution in [0, 0.1) is 6.92 Å². The minimum atomic E-state index is -4.06. The number of benzene rings is 3. The Bertz CT molecular complexity index is 1310. The second-order valence-electron chi connectivity index (χ2n) is 7.95. The molecule has 1 atom stereocenters. The third-order valence-corrected chi connectivity index (χ3v) is 7.80. The summed E-state index contributed by atoms with van der Waals surface area (Å²) in [6.45, 7) is 1.94. The summed E-state index contributed by atoms with van der Waals surface area (Å²) in [6.07, 6.45) is -0.393. The molecule has 1 aliphatic heterocycles. The van der Waals surface area contributed by atoms with Gasteiger partial charge in [0.15, 0.2) is 11.5 Å². The Morgan fingerprint density at radius 2 is 1.83 bits per heavy atom. The fraction of sp³-hybridized carbons (Fsp3) is 0.240. The van der Waals surface area contributed by atoms with Crippen LogP contribution < -0.4 is 23.8 Å². The van der Waals surface area contributed by atoms with E-state index in [-0.39, 0.29) is 18.0 Å². The monoisotopic (exact) mass is 560 g/mol. The molecule has 3 aromatic carbocycles.